The largest absolute Gasteiger partial charge is 0.497 e. The smallest absolute Gasteiger partial charge is 0.308 e. The van der Waals surface area contributed by atoms with Crippen LogP contribution < -0.4 is 4.74 Å². The number of carbonyl (C=O) groups is 2. The molecule has 0 aromatic heterocycles. The molecule has 5 nitrogen and oxygen atoms in total. The predicted octanol–water partition coefficient (Wildman–Crippen LogP) is 2.12. The third-order valence-corrected chi connectivity index (χ3v) is 4.06. The molecule has 1 saturated heterocycles. The molecule has 1 aromatic rings. The van der Waals surface area contributed by atoms with E-state index in [1.807, 2.05) is 31.2 Å². The first-order valence-corrected chi connectivity index (χ1v) is 7.15. The van der Waals surface area contributed by atoms with Crippen LogP contribution in [0.15, 0.2) is 24.3 Å². The second-order valence-corrected chi connectivity index (χ2v) is 5.54. The van der Waals surface area contributed by atoms with Crippen LogP contribution in [0.4, 0.5) is 0 Å². The summed E-state index contributed by atoms with van der Waals surface area (Å²) in [5.41, 5.74) is 1.08. The Balaban J connectivity index is 1.91. The van der Waals surface area contributed by atoms with E-state index in [0.29, 0.717) is 25.9 Å². The Morgan fingerprint density at radius 3 is 2.57 bits per heavy atom. The van der Waals surface area contributed by atoms with Crippen LogP contribution in [0.2, 0.25) is 0 Å². The number of aliphatic carboxylic acids is 1. The first-order valence-electron chi connectivity index (χ1n) is 7.15. The maximum absolute atomic E-state index is 12.2. The summed E-state index contributed by atoms with van der Waals surface area (Å²) < 4.78 is 5.11. The average molecular weight is 291 g/mol. The van der Waals surface area contributed by atoms with Gasteiger partial charge in [0.2, 0.25) is 5.91 Å². The van der Waals surface area contributed by atoms with Gasteiger partial charge in [0.05, 0.1) is 13.0 Å². The molecule has 1 amide bonds. The van der Waals surface area contributed by atoms with E-state index < -0.39 is 11.9 Å². The lowest BCUT2D eigenvalue weighted by molar-refractivity contribution is -0.141. The summed E-state index contributed by atoms with van der Waals surface area (Å²) in [5.74, 6) is -0.297. The summed E-state index contributed by atoms with van der Waals surface area (Å²) in [5, 5.41) is 8.97. The molecule has 2 atom stereocenters. The van der Waals surface area contributed by atoms with Gasteiger partial charge in [-0.15, -0.1) is 0 Å². The molecule has 5 heteroatoms. The number of hydrogen-bond acceptors (Lipinski definition) is 3. The zero-order valence-corrected chi connectivity index (χ0v) is 12.4. The van der Waals surface area contributed by atoms with Gasteiger partial charge in [0, 0.05) is 19.5 Å². The van der Waals surface area contributed by atoms with Crippen LogP contribution in [0.25, 0.3) is 0 Å². The summed E-state index contributed by atoms with van der Waals surface area (Å²) >= 11 is 0. The van der Waals surface area contributed by atoms with E-state index in [4.69, 9.17) is 9.84 Å². The number of hydrogen-bond donors (Lipinski definition) is 1. The molecule has 0 spiro atoms. The molecule has 1 aliphatic rings. The lowest BCUT2D eigenvalue weighted by atomic mass is 9.97. The van der Waals surface area contributed by atoms with Gasteiger partial charge in [0.1, 0.15) is 5.75 Å². The van der Waals surface area contributed by atoms with Gasteiger partial charge in [-0.2, -0.15) is 0 Å². The number of ether oxygens (including phenoxy) is 1. The summed E-state index contributed by atoms with van der Waals surface area (Å²) in [6.45, 7) is 2.89. The summed E-state index contributed by atoms with van der Waals surface area (Å²) in [6, 6.07) is 7.68. The van der Waals surface area contributed by atoms with Gasteiger partial charge in [0.15, 0.2) is 0 Å². The van der Waals surface area contributed by atoms with Crippen LogP contribution in [0.5, 0.6) is 5.75 Å². The third-order valence-electron chi connectivity index (χ3n) is 4.06. The fraction of sp³-hybridized carbons (Fsp3) is 0.500. The van der Waals surface area contributed by atoms with Gasteiger partial charge < -0.3 is 14.7 Å². The van der Waals surface area contributed by atoms with E-state index in [0.717, 1.165) is 11.3 Å². The molecule has 1 aromatic carbocycles. The first kappa shape index (κ1) is 15.4. The lowest BCUT2D eigenvalue weighted by Crippen LogP contribution is -2.30. The SMILES string of the molecule is COc1ccc([C@H](C)CC(=O)N2CC[C@H](C(=O)O)C2)cc1. The van der Waals surface area contributed by atoms with Crippen LogP contribution in [0.3, 0.4) is 0 Å². The Morgan fingerprint density at radius 2 is 2.05 bits per heavy atom. The highest BCUT2D eigenvalue weighted by Crippen LogP contribution is 2.24. The molecule has 0 bridgehead atoms. The number of carbonyl (C=O) groups excluding carboxylic acids is 1. The standard InChI is InChI=1S/C16H21NO4/c1-11(12-3-5-14(21-2)6-4-12)9-15(18)17-8-7-13(10-17)16(19)20/h3-6,11,13H,7-10H2,1-2H3,(H,19,20)/t11-,13+/m1/s1. The molecule has 1 N–H and O–H groups in total. The fourth-order valence-corrected chi connectivity index (χ4v) is 2.63. The number of carboxylic acid groups (broad SMARTS) is 1. The summed E-state index contributed by atoms with van der Waals surface area (Å²) in [4.78, 5) is 24.8. The quantitative estimate of drug-likeness (QED) is 0.902. The molecule has 114 valence electrons. The zero-order chi connectivity index (χ0) is 15.4. The van der Waals surface area contributed by atoms with E-state index in [1.54, 1.807) is 12.0 Å². The van der Waals surface area contributed by atoms with E-state index in [2.05, 4.69) is 0 Å². The number of benzene rings is 1. The number of likely N-dealkylation sites (tertiary alicyclic amines) is 1. The Hall–Kier alpha value is -2.04. The maximum Gasteiger partial charge on any atom is 0.308 e. The second-order valence-electron chi connectivity index (χ2n) is 5.54. The minimum absolute atomic E-state index is 0.0297. The summed E-state index contributed by atoms with van der Waals surface area (Å²) in [6.07, 6.45) is 0.955. The van der Waals surface area contributed by atoms with Crippen molar-refractivity contribution in [3.8, 4) is 5.75 Å². The van der Waals surface area contributed by atoms with Crippen molar-refractivity contribution in [3.05, 3.63) is 29.8 Å². The van der Waals surface area contributed by atoms with E-state index in [1.165, 1.54) is 0 Å². The molecule has 0 radical (unpaired) electrons. The minimum atomic E-state index is -0.812. The maximum atomic E-state index is 12.2. The number of nitrogens with zero attached hydrogens (tertiary/aromatic N) is 1. The van der Waals surface area contributed by atoms with Gasteiger partial charge >= 0.3 is 5.97 Å². The topological polar surface area (TPSA) is 66.8 Å². The second kappa shape index (κ2) is 6.61. The molecule has 1 heterocycles. The van der Waals surface area contributed by atoms with Crippen molar-refractivity contribution in [2.24, 2.45) is 5.92 Å². The van der Waals surface area contributed by atoms with Crippen LogP contribution >= 0.6 is 0 Å². The highest BCUT2D eigenvalue weighted by molar-refractivity contribution is 5.79. The molecular weight excluding hydrogens is 270 g/mol. The minimum Gasteiger partial charge on any atom is -0.497 e. The van der Waals surface area contributed by atoms with Gasteiger partial charge in [-0.05, 0) is 30.0 Å². The van der Waals surface area contributed by atoms with Crippen molar-refractivity contribution < 1.29 is 19.4 Å². The van der Waals surface area contributed by atoms with Gasteiger partial charge in [-0.3, -0.25) is 9.59 Å². The molecule has 1 fully saturated rings. The van der Waals surface area contributed by atoms with E-state index in [-0.39, 0.29) is 11.8 Å². The predicted molar refractivity (Wildman–Crippen MR) is 78.3 cm³/mol. The van der Waals surface area contributed by atoms with Crippen LogP contribution in [-0.2, 0) is 9.59 Å². The van der Waals surface area contributed by atoms with Crippen molar-refractivity contribution in [3.63, 3.8) is 0 Å². The number of rotatable bonds is 5. The summed E-state index contributed by atoms with van der Waals surface area (Å²) in [7, 11) is 1.62. The van der Waals surface area contributed by atoms with Crippen LogP contribution in [0.1, 0.15) is 31.2 Å². The van der Waals surface area contributed by atoms with Gasteiger partial charge in [-0.1, -0.05) is 19.1 Å². The Kier molecular flexibility index (Phi) is 4.83. The zero-order valence-electron chi connectivity index (χ0n) is 12.4. The number of carboxylic acids is 1. The first-order chi connectivity index (χ1) is 10.0. The fourth-order valence-electron chi connectivity index (χ4n) is 2.63. The normalized spacial score (nSPS) is 19.3. The lowest BCUT2D eigenvalue weighted by Gasteiger charge is -2.19. The molecule has 1 aliphatic heterocycles. The Morgan fingerprint density at radius 1 is 1.38 bits per heavy atom. The monoisotopic (exact) mass is 291 g/mol. The average Bonchev–Trinajstić information content (AvgIpc) is 2.97. The Labute approximate surface area is 124 Å². The number of amides is 1. The number of methoxy groups -OCH3 is 1. The van der Waals surface area contributed by atoms with Gasteiger partial charge in [0.25, 0.3) is 0 Å². The van der Waals surface area contributed by atoms with Crippen LogP contribution in [0, 0.1) is 5.92 Å². The van der Waals surface area contributed by atoms with Crippen molar-refractivity contribution in [1.29, 1.82) is 0 Å². The van der Waals surface area contributed by atoms with Crippen LogP contribution in [-0.4, -0.2) is 42.1 Å². The molecule has 0 unspecified atom stereocenters. The molecule has 2 rings (SSSR count). The highest BCUT2D eigenvalue weighted by Gasteiger charge is 2.31. The molecule has 0 aliphatic carbocycles. The molecule has 0 saturated carbocycles. The van der Waals surface area contributed by atoms with Crippen molar-refractivity contribution in [2.45, 2.75) is 25.7 Å². The van der Waals surface area contributed by atoms with Gasteiger partial charge in [-0.25, -0.2) is 0 Å². The van der Waals surface area contributed by atoms with E-state index >= 15 is 0 Å². The van der Waals surface area contributed by atoms with Crippen molar-refractivity contribution in [1.82, 2.24) is 4.90 Å². The third kappa shape index (κ3) is 3.74. The molecular formula is C16H21NO4. The Bertz CT molecular complexity index is 512. The highest BCUT2D eigenvalue weighted by atomic mass is 16.5. The van der Waals surface area contributed by atoms with Crippen molar-refractivity contribution >= 4 is 11.9 Å². The molecule has 21 heavy (non-hydrogen) atoms. The van der Waals surface area contributed by atoms with E-state index in [9.17, 15) is 9.59 Å². The van der Waals surface area contributed by atoms with Crippen molar-refractivity contribution in [2.75, 3.05) is 20.2 Å².